The highest BCUT2D eigenvalue weighted by molar-refractivity contribution is 7.99. The SMILES string of the molecule is COc1ccc(-c2nnc(SCC(=O)NN=Cc3ccc(Cl)cc3Cl)n2-c2ccccc2)cc1. The summed E-state index contributed by atoms with van der Waals surface area (Å²) in [5, 5.41) is 14.2. The number of carbonyl (C=O) groups is 1. The van der Waals surface area contributed by atoms with Crippen LogP contribution in [0.5, 0.6) is 5.75 Å². The number of para-hydroxylation sites is 1. The topological polar surface area (TPSA) is 81.4 Å². The van der Waals surface area contributed by atoms with Crippen molar-refractivity contribution < 1.29 is 9.53 Å². The fourth-order valence-corrected chi connectivity index (χ4v) is 4.24. The molecule has 3 aromatic carbocycles. The van der Waals surface area contributed by atoms with Gasteiger partial charge in [0.15, 0.2) is 11.0 Å². The van der Waals surface area contributed by atoms with Crippen LogP contribution in [-0.2, 0) is 4.79 Å². The van der Waals surface area contributed by atoms with Crippen LogP contribution in [0.4, 0.5) is 0 Å². The van der Waals surface area contributed by atoms with Gasteiger partial charge in [0.2, 0.25) is 0 Å². The summed E-state index contributed by atoms with van der Waals surface area (Å²) in [5.74, 6) is 1.22. The molecule has 172 valence electrons. The zero-order chi connectivity index (χ0) is 23.9. The van der Waals surface area contributed by atoms with E-state index >= 15 is 0 Å². The number of ether oxygens (including phenoxy) is 1. The number of nitrogens with one attached hydrogen (secondary N) is 1. The molecule has 0 unspecified atom stereocenters. The zero-order valence-corrected chi connectivity index (χ0v) is 20.3. The number of halogens is 2. The molecule has 0 spiro atoms. The molecule has 4 aromatic rings. The first kappa shape index (κ1) is 23.8. The number of rotatable bonds is 8. The van der Waals surface area contributed by atoms with Crippen LogP contribution >= 0.6 is 35.0 Å². The molecule has 1 N–H and O–H groups in total. The molecule has 0 saturated heterocycles. The molecule has 0 aliphatic heterocycles. The third-order valence-electron chi connectivity index (χ3n) is 4.68. The number of carbonyl (C=O) groups excluding carboxylic acids is 1. The summed E-state index contributed by atoms with van der Waals surface area (Å²) < 4.78 is 7.16. The van der Waals surface area contributed by atoms with Gasteiger partial charge in [0.25, 0.3) is 5.91 Å². The lowest BCUT2D eigenvalue weighted by atomic mass is 10.2. The number of benzene rings is 3. The van der Waals surface area contributed by atoms with Gasteiger partial charge in [-0.05, 0) is 48.5 Å². The summed E-state index contributed by atoms with van der Waals surface area (Å²) in [4.78, 5) is 12.4. The summed E-state index contributed by atoms with van der Waals surface area (Å²) >= 11 is 13.3. The van der Waals surface area contributed by atoms with Crippen molar-refractivity contribution >= 4 is 47.1 Å². The average Bonchev–Trinajstić information content (AvgIpc) is 3.28. The van der Waals surface area contributed by atoms with E-state index in [4.69, 9.17) is 27.9 Å². The Morgan fingerprint density at radius 2 is 1.85 bits per heavy atom. The van der Waals surface area contributed by atoms with Gasteiger partial charge in [-0.3, -0.25) is 9.36 Å². The Bertz CT molecular complexity index is 1310. The van der Waals surface area contributed by atoms with E-state index in [-0.39, 0.29) is 11.7 Å². The molecule has 10 heteroatoms. The van der Waals surface area contributed by atoms with E-state index in [1.54, 1.807) is 25.3 Å². The third-order valence-corrected chi connectivity index (χ3v) is 6.18. The van der Waals surface area contributed by atoms with Crippen molar-refractivity contribution in [1.82, 2.24) is 20.2 Å². The minimum absolute atomic E-state index is 0.0965. The van der Waals surface area contributed by atoms with Crippen molar-refractivity contribution in [3.63, 3.8) is 0 Å². The van der Waals surface area contributed by atoms with Crippen LogP contribution in [0.1, 0.15) is 5.56 Å². The Morgan fingerprint density at radius 1 is 1.09 bits per heavy atom. The Hall–Kier alpha value is -3.33. The van der Waals surface area contributed by atoms with Crippen LogP contribution < -0.4 is 10.2 Å². The Kier molecular flexibility index (Phi) is 7.84. The van der Waals surface area contributed by atoms with Gasteiger partial charge in [0.05, 0.1) is 24.1 Å². The predicted molar refractivity (Wildman–Crippen MR) is 136 cm³/mol. The summed E-state index contributed by atoms with van der Waals surface area (Å²) in [5.41, 5.74) is 4.90. The van der Waals surface area contributed by atoms with Gasteiger partial charge in [-0.2, -0.15) is 5.10 Å². The second-order valence-corrected chi connectivity index (χ2v) is 8.74. The van der Waals surface area contributed by atoms with Gasteiger partial charge in [-0.15, -0.1) is 10.2 Å². The largest absolute Gasteiger partial charge is 0.497 e. The lowest BCUT2D eigenvalue weighted by molar-refractivity contribution is -0.118. The monoisotopic (exact) mass is 511 g/mol. The number of hydrazone groups is 1. The van der Waals surface area contributed by atoms with Gasteiger partial charge in [0.1, 0.15) is 5.75 Å². The lowest BCUT2D eigenvalue weighted by Gasteiger charge is -2.10. The third kappa shape index (κ3) is 5.77. The van der Waals surface area contributed by atoms with E-state index in [0.29, 0.717) is 26.6 Å². The van der Waals surface area contributed by atoms with Crippen molar-refractivity contribution in [1.29, 1.82) is 0 Å². The van der Waals surface area contributed by atoms with Gasteiger partial charge in [-0.1, -0.05) is 59.2 Å². The second-order valence-electron chi connectivity index (χ2n) is 6.95. The van der Waals surface area contributed by atoms with Crippen molar-refractivity contribution in [3.05, 3.63) is 88.4 Å². The van der Waals surface area contributed by atoms with E-state index in [9.17, 15) is 4.79 Å². The second kappa shape index (κ2) is 11.2. The molecule has 1 amide bonds. The van der Waals surface area contributed by atoms with Gasteiger partial charge in [-0.25, -0.2) is 5.43 Å². The maximum Gasteiger partial charge on any atom is 0.250 e. The number of methoxy groups -OCH3 is 1. The highest BCUT2D eigenvalue weighted by Gasteiger charge is 2.17. The predicted octanol–water partition coefficient (Wildman–Crippen LogP) is 5.49. The minimum atomic E-state index is -0.292. The molecule has 0 aliphatic rings. The summed E-state index contributed by atoms with van der Waals surface area (Å²) in [6, 6.07) is 22.3. The van der Waals surface area contributed by atoms with Crippen LogP contribution in [0.15, 0.2) is 83.1 Å². The Labute approximate surface area is 210 Å². The number of hydrogen-bond donors (Lipinski definition) is 1. The molecule has 34 heavy (non-hydrogen) atoms. The van der Waals surface area contributed by atoms with Crippen LogP contribution in [0.3, 0.4) is 0 Å². The van der Waals surface area contributed by atoms with Crippen molar-refractivity contribution in [2.24, 2.45) is 5.10 Å². The average molecular weight is 512 g/mol. The molecule has 0 fully saturated rings. The molecular formula is C24H19Cl2N5O2S. The minimum Gasteiger partial charge on any atom is -0.497 e. The summed E-state index contributed by atoms with van der Waals surface area (Å²) in [6.07, 6.45) is 1.47. The Balaban J connectivity index is 1.49. The zero-order valence-electron chi connectivity index (χ0n) is 18.0. The quantitative estimate of drug-likeness (QED) is 0.192. The first-order valence-electron chi connectivity index (χ1n) is 10.1. The molecule has 0 saturated carbocycles. The highest BCUT2D eigenvalue weighted by atomic mass is 35.5. The van der Waals surface area contributed by atoms with Crippen molar-refractivity contribution in [2.75, 3.05) is 12.9 Å². The summed E-state index contributed by atoms with van der Waals surface area (Å²) in [6.45, 7) is 0. The maximum atomic E-state index is 12.4. The Morgan fingerprint density at radius 3 is 2.56 bits per heavy atom. The standard InChI is InChI=1S/C24H19Cl2N5O2S/c1-33-20-11-8-16(9-12-20)23-29-30-24(31(23)19-5-3-2-4-6-19)34-15-22(32)28-27-14-17-7-10-18(25)13-21(17)26/h2-14H,15H2,1H3,(H,28,32). The smallest absolute Gasteiger partial charge is 0.250 e. The molecule has 1 heterocycles. The first-order chi connectivity index (χ1) is 16.5. The molecule has 7 nitrogen and oxygen atoms in total. The van der Waals surface area contributed by atoms with Gasteiger partial charge in [0, 0.05) is 21.8 Å². The van der Waals surface area contributed by atoms with E-state index in [1.807, 2.05) is 59.2 Å². The molecule has 0 aliphatic carbocycles. The van der Waals surface area contributed by atoms with Gasteiger partial charge >= 0.3 is 0 Å². The maximum absolute atomic E-state index is 12.4. The number of nitrogens with zero attached hydrogens (tertiary/aromatic N) is 4. The fourth-order valence-electron chi connectivity index (χ4n) is 3.04. The van der Waals surface area contributed by atoms with Crippen LogP contribution in [0.25, 0.3) is 17.1 Å². The molecule has 1 aromatic heterocycles. The van der Waals surface area contributed by atoms with E-state index < -0.39 is 0 Å². The fraction of sp³-hybridized carbons (Fsp3) is 0.0833. The molecular weight excluding hydrogens is 493 g/mol. The van der Waals surface area contributed by atoms with Gasteiger partial charge < -0.3 is 4.74 Å². The highest BCUT2D eigenvalue weighted by Crippen LogP contribution is 2.29. The van der Waals surface area contributed by atoms with E-state index in [2.05, 4.69) is 20.7 Å². The van der Waals surface area contributed by atoms with E-state index in [1.165, 1.54) is 18.0 Å². The first-order valence-corrected chi connectivity index (χ1v) is 11.8. The number of hydrogen-bond acceptors (Lipinski definition) is 6. The molecule has 0 atom stereocenters. The van der Waals surface area contributed by atoms with Crippen molar-refractivity contribution in [3.8, 4) is 22.8 Å². The number of thioether (sulfide) groups is 1. The summed E-state index contributed by atoms with van der Waals surface area (Å²) in [7, 11) is 1.62. The molecule has 4 rings (SSSR count). The molecule has 0 bridgehead atoms. The van der Waals surface area contributed by atoms with Crippen molar-refractivity contribution in [2.45, 2.75) is 5.16 Å². The lowest BCUT2D eigenvalue weighted by Crippen LogP contribution is -2.20. The number of aromatic nitrogens is 3. The number of amides is 1. The normalized spacial score (nSPS) is 11.0. The molecule has 0 radical (unpaired) electrons. The van der Waals surface area contributed by atoms with E-state index in [0.717, 1.165) is 17.0 Å². The van der Waals surface area contributed by atoms with Crippen LogP contribution in [-0.4, -0.2) is 39.7 Å². The van der Waals surface area contributed by atoms with Crippen LogP contribution in [0.2, 0.25) is 10.0 Å². The van der Waals surface area contributed by atoms with Crippen LogP contribution in [0, 0.1) is 0 Å².